The topological polar surface area (TPSA) is 27.1 Å². The lowest BCUT2D eigenvalue weighted by Gasteiger charge is -2.18. The zero-order valence-corrected chi connectivity index (χ0v) is 9.03. The van der Waals surface area contributed by atoms with Crippen molar-refractivity contribution in [2.75, 3.05) is 7.05 Å². The minimum absolute atomic E-state index is 0.730. The van der Waals surface area contributed by atoms with Crippen LogP contribution < -0.4 is 0 Å². The summed E-state index contributed by atoms with van der Waals surface area (Å²) in [6.07, 6.45) is 1.92. The Morgan fingerprint density at radius 1 is 1.62 bits per heavy atom. The molecule has 1 aromatic heterocycles. The molecule has 0 radical (unpaired) electrons. The summed E-state index contributed by atoms with van der Waals surface area (Å²) in [5.74, 6) is 0.730. The molecular weight excluding hydrogens is 180 g/mol. The summed E-state index contributed by atoms with van der Waals surface area (Å²) < 4.78 is 0. The van der Waals surface area contributed by atoms with Gasteiger partial charge in [-0.3, -0.25) is 5.41 Å². The van der Waals surface area contributed by atoms with Crippen molar-refractivity contribution in [1.29, 1.82) is 5.41 Å². The van der Waals surface area contributed by atoms with Crippen LogP contribution in [0.2, 0.25) is 0 Å². The number of thiophene rings is 1. The zero-order chi connectivity index (χ0) is 9.68. The first-order valence-corrected chi connectivity index (χ1v) is 5.48. The number of hydrogen-bond acceptors (Lipinski definition) is 2. The lowest BCUT2D eigenvalue weighted by atomic mass is 10.2. The maximum Gasteiger partial charge on any atom is 0.0957 e. The number of nitrogens with zero attached hydrogens (tertiary/aromatic N) is 1. The molecule has 0 unspecified atom stereocenters. The second kappa shape index (κ2) is 5.02. The smallest absolute Gasteiger partial charge is 0.0957 e. The number of rotatable bonds is 4. The van der Waals surface area contributed by atoms with Crippen LogP contribution in [0.4, 0.5) is 0 Å². The average Bonchev–Trinajstić information content (AvgIpc) is 2.57. The van der Waals surface area contributed by atoms with Crippen molar-refractivity contribution >= 4 is 17.2 Å². The van der Waals surface area contributed by atoms with Crippen molar-refractivity contribution in [3.63, 3.8) is 0 Å². The van der Waals surface area contributed by atoms with E-state index in [1.54, 1.807) is 11.3 Å². The molecule has 0 aliphatic carbocycles. The standard InChI is InChI=1S/C10H16N2S/c1-3-4-10(11)12(2)7-9-5-6-13-8-9/h5-6,8,11H,3-4,7H2,1-2H3. The maximum atomic E-state index is 7.73. The third kappa shape index (κ3) is 3.19. The SMILES string of the molecule is CCCC(=N)N(C)Cc1ccsc1. The predicted octanol–water partition coefficient (Wildman–Crippen LogP) is 2.96. The molecule has 1 aromatic rings. The summed E-state index contributed by atoms with van der Waals surface area (Å²) in [4.78, 5) is 2.01. The highest BCUT2D eigenvalue weighted by molar-refractivity contribution is 7.07. The first kappa shape index (κ1) is 10.3. The van der Waals surface area contributed by atoms with E-state index in [0.717, 1.165) is 25.2 Å². The van der Waals surface area contributed by atoms with Gasteiger partial charge in [0.2, 0.25) is 0 Å². The molecule has 0 aliphatic rings. The number of hydrogen-bond donors (Lipinski definition) is 1. The van der Waals surface area contributed by atoms with Crippen LogP contribution in [0.15, 0.2) is 16.8 Å². The molecule has 72 valence electrons. The van der Waals surface area contributed by atoms with Gasteiger partial charge in [-0.05, 0) is 28.8 Å². The Balaban J connectivity index is 2.41. The quantitative estimate of drug-likeness (QED) is 0.581. The van der Waals surface area contributed by atoms with E-state index in [-0.39, 0.29) is 0 Å². The molecule has 0 fully saturated rings. The van der Waals surface area contributed by atoms with Gasteiger partial charge in [0.25, 0.3) is 0 Å². The van der Waals surface area contributed by atoms with Crippen LogP contribution in [0.3, 0.4) is 0 Å². The largest absolute Gasteiger partial charge is 0.359 e. The minimum Gasteiger partial charge on any atom is -0.359 e. The summed E-state index contributed by atoms with van der Waals surface area (Å²) in [7, 11) is 1.98. The van der Waals surface area contributed by atoms with Gasteiger partial charge < -0.3 is 4.90 Å². The lowest BCUT2D eigenvalue weighted by Crippen LogP contribution is -2.24. The number of nitrogens with one attached hydrogen (secondary N) is 1. The molecular formula is C10H16N2S. The molecule has 0 amide bonds. The van der Waals surface area contributed by atoms with Crippen LogP contribution in [-0.4, -0.2) is 17.8 Å². The molecule has 2 nitrogen and oxygen atoms in total. The van der Waals surface area contributed by atoms with Crippen molar-refractivity contribution in [1.82, 2.24) is 4.90 Å². The molecule has 0 aliphatic heterocycles. The van der Waals surface area contributed by atoms with Crippen LogP contribution in [0.1, 0.15) is 25.3 Å². The van der Waals surface area contributed by atoms with Gasteiger partial charge in [0.05, 0.1) is 5.84 Å². The highest BCUT2D eigenvalue weighted by Gasteiger charge is 2.03. The van der Waals surface area contributed by atoms with Crippen LogP contribution in [0.25, 0.3) is 0 Å². The van der Waals surface area contributed by atoms with E-state index in [9.17, 15) is 0 Å². The van der Waals surface area contributed by atoms with E-state index in [1.165, 1.54) is 5.56 Å². The predicted molar refractivity (Wildman–Crippen MR) is 58.4 cm³/mol. The first-order valence-electron chi connectivity index (χ1n) is 4.53. The van der Waals surface area contributed by atoms with E-state index in [4.69, 9.17) is 5.41 Å². The molecule has 13 heavy (non-hydrogen) atoms. The Bertz CT molecular complexity index is 254. The van der Waals surface area contributed by atoms with Gasteiger partial charge in [-0.25, -0.2) is 0 Å². The lowest BCUT2D eigenvalue weighted by molar-refractivity contribution is 0.484. The molecule has 3 heteroatoms. The molecule has 0 saturated heterocycles. The van der Waals surface area contributed by atoms with Gasteiger partial charge in [0.1, 0.15) is 0 Å². The Labute approximate surface area is 83.7 Å². The van der Waals surface area contributed by atoms with E-state index >= 15 is 0 Å². The second-order valence-corrected chi connectivity index (χ2v) is 3.96. The fourth-order valence-electron chi connectivity index (χ4n) is 1.18. The maximum absolute atomic E-state index is 7.73. The molecule has 0 spiro atoms. The van der Waals surface area contributed by atoms with Crippen molar-refractivity contribution < 1.29 is 0 Å². The Kier molecular flexibility index (Phi) is 3.96. The third-order valence-corrected chi connectivity index (χ3v) is 2.68. The zero-order valence-electron chi connectivity index (χ0n) is 8.21. The molecule has 0 bridgehead atoms. The molecule has 0 aromatic carbocycles. The molecule has 0 atom stereocenters. The Hall–Kier alpha value is -0.830. The highest BCUT2D eigenvalue weighted by Crippen LogP contribution is 2.09. The van der Waals surface area contributed by atoms with Crippen molar-refractivity contribution in [3.05, 3.63) is 22.4 Å². The minimum atomic E-state index is 0.730. The second-order valence-electron chi connectivity index (χ2n) is 3.18. The third-order valence-electron chi connectivity index (χ3n) is 1.95. The summed E-state index contributed by atoms with van der Waals surface area (Å²) >= 11 is 1.71. The van der Waals surface area contributed by atoms with Crippen molar-refractivity contribution in [3.8, 4) is 0 Å². The fourth-order valence-corrected chi connectivity index (χ4v) is 1.84. The van der Waals surface area contributed by atoms with Gasteiger partial charge in [-0.15, -0.1) is 0 Å². The summed E-state index contributed by atoms with van der Waals surface area (Å²) in [5, 5.41) is 11.9. The van der Waals surface area contributed by atoms with E-state index in [2.05, 4.69) is 23.8 Å². The summed E-state index contributed by atoms with van der Waals surface area (Å²) in [6.45, 7) is 2.97. The first-order chi connectivity index (χ1) is 6.24. The van der Waals surface area contributed by atoms with Crippen LogP contribution in [0.5, 0.6) is 0 Å². The summed E-state index contributed by atoms with van der Waals surface area (Å²) in [6, 6.07) is 2.11. The Morgan fingerprint density at radius 3 is 2.92 bits per heavy atom. The van der Waals surface area contributed by atoms with Gasteiger partial charge >= 0.3 is 0 Å². The van der Waals surface area contributed by atoms with Crippen LogP contribution >= 0.6 is 11.3 Å². The highest BCUT2D eigenvalue weighted by atomic mass is 32.1. The van der Waals surface area contributed by atoms with Crippen LogP contribution in [0, 0.1) is 5.41 Å². The fraction of sp³-hybridized carbons (Fsp3) is 0.500. The molecule has 1 N–H and O–H groups in total. The van der Waals surface area contributed by atoms with E-state index in [0.29, 0.717) is 0 Å². The van der Waals surface area contributed by atoms with E-state index in [1.807, 2.05) is 11.9 Å². The Morgan fingerprint density at radius 2 is 2.38 bits per heavy atom. The monoisotopic (exact) mass is 196 g/mol. The van der Waals surface area contributed by atoms with Crippen molar-refractivity contribution in [2.24, 2.45) is 0 Å². The molecule has 1 rings (SSSR count). The van der Waals surface area contributed by atoms with Gasteiger partial charge in [0.15, 0.2) is 0 Å². The molecule has 0 saturated carbocycles. The van der Waals surface area contributed by atoms with Gasteiger partial charge in [0, 0.05) is 20.0 Å². The van der Waals surface area contributed by atoms with Gasteiger partial charge in [-0.2, -0.15) is 11.3 Å². The van der Waals surface area contributed by atoms with Gasteiger partial charge in [-0.1, -0.05) is 6.92 Å². The summed E-state index contributed by atoms with van der Waals surface area (Å²) in [5.41, 5.74) is 1.30. The van der Waals surface area contributed by atoms with Crippen molar-refractivity contribution in [2.45, 2.75) is 26.3 Å². The number of amidine groups is 1. The average molecular weight is 196 g/mol. The van der Waals surface area contributed by atoms with E-state index < -0.39 is 0 Å². The molecule has 1 heterocycles. The van der Waals surface area contributed by atoms with Crippen LogP contribution in [-0.2, 0) is 6.54 Å². The normalized spacial score (nSPS) is 10.0.